The first-order chi connectivity index (χ1) is 12.5. The number of hydrogen-bond acceptors (Lipinski definition) is 2. The first-order valence-corrected chi connectivity index (χ1v) is 9.00. The molecule has 0 bridgehead atoms. The molecule has 3 rings (SSSR count). The van der Waals surface area contributed by atoms with E-state index in [2.05, 4.69) is 76.2 Å². The summed E-state index contributed by atoms with van der Waals surface area (Å²) < 4.78 is 12.2. The zero-order chi connectivity index (χ0) is 18.5. The van der Waals surface area contributed by atoms with Gasteiger partial charge in [-0.25, -0.2) is 0 Å². The lowest BCUT2D eigenvalue weighted by Crippen LogP contribution is -2.05. The Balaban J connectivity index is 1.72. The van der Waals surface area contributed by atoms with Gasteiger partial charge in [0.05, 0.1) is 0 Å². The van der Waals surface area contributed by atoms with Crippen molar-refractivity contribution in [3.05, 3.63) is 94.0 Å². The lowest BCUT2D eigenvalue weighted by atomic mass is 10.1. The molecule has 0 heterocycles. The Kier molecular flexibility index (Phi) is 5.62. The van der Waals surface area contributed by atoms with Gasteiger partial charge in [0.1, 0.15) is 24.7 Å². The molecule has 0 aliphatic heterocycles. The molecule has 3 aromatic rings. The molecule has 2 heteroatoms. The predicted molar refractivity (Wildman–Crippen MR) is 107 cm³/mol. The third-order valence-electron chi connectivity index (χ3n) is 4.57. The minimum Gasteiger partial charge on any atom is -0.489 e. The Hall–Kier alpha value is -2.74. The molecule has 0 unspecified atom stereocenters. The van der Waals surface area contributed by atoms with Gasteiger partial charge in [-0.1, -0.05) is 48.5 Å². The van der Waals surface area contributed by atoms with Crippen LogP contribution in [0.1, 0.15) is 33.4 Å². The van der Waals surface area contributed by atoms with Gasteiger partial charge in [0.2, 0.25) is 0 Å². The summed E-state index contributed by atoms with van der Waals surface area (Å²) in [5, 5.41) is 0. The van der Waals surface area contributed by atoms with Gasteiger partial charge in [0.15, 0.2) is 0 Å². The second kappa shape index (κ2) is 8.09. The molecular weight excluding hydrogens is 320 g/mol. The lowest BCUT2D eigenvalue weighted by Gasteiger charge is -2.15. The van der Waals surface area contributed by atoms with Gasteiger partial charge in [-0.3, -0.25) is 0 Å². The molecule has 2 nitrogen and oxygen atoms in total. The highest BCUT2D eigenvalue weighted by Gasteiger charge is 2.07. The zero-order valence-corrected chi connectivity index (χ0v) is 16.0. The van der Waals surface area contributed by atoms with Gasteiger partial charge < -0.3 is 9.47 Å². The summed E-state index contributed by atoms with van der Waals surface area (Å²) in [6, 6.07) is 20.9. The van der Waals surface area contributed by atoms with E-state index in [1.54, 1.807) is 0 Å². The maximum Gasteiger partial charge on any atom is 0.122 e. The molecule has 0 aliphatic carbocycles. The average molecular weight is 346 g/mol. The number of rotatable bonds is 6. The van der Waals surface area contributed by atoms with E-state index < -0.39 is 0 Å². The van der Waals surface area contributed by atoms with E-state index in [-0.39, 0.29) is 0 Å². The largest absolute Gasteiger partial charge is 0.489 e. The van der Waals surface area contributed by atoms with E-state index in [9.17, 15) is 0 Å². The second-order valence-corrected chi connectivity index (χ2v) is 6.88. The highest BCUT2D eigenvalue weighted by molar-refractivity contribution is 5.38. The van der Waals surface area contributed by atoms with Crippen LogP contribution in [0.25, 0.3) is 0 Å². The van der Waals surface area contributed by atoms with Crippen LogP contribution in [0.3, 0.4) is 0 Å². The van der Waals surface area contributed by atoms with Crippen molar-refractivity contribution in [1.29, 1.82) is 0 Å². The van der Waals surface area contributed by atoms with Gasteiger partial charge in [0, 0.05) is 0 Å². The standard InChI is InChI=1S/C24H26O2/c1-17-9-11-19(3)23(13-17)25-15-21-7-5-6-8-22(21)16-26-24-14-18(2)10-12-20(24)4/h5-14H,15-16H2,1-4H3. The Morgan fingerprint density at radius 1 is 0.577 bits per heavy atom. The molecule has 0 aromatic heterocycles. The molecule has 0 N–H and O–H groups in total. The molecule has 3 aromatic carbocycles. The summed E-state index contributed by atoms with van der Waals surface area (Å²) in [5.41, 5.74) is 7.02. The third-order valence-corrected chi connectivity index (χ3v) is 4.57. The number of ether oxygens (including phenoxy) is 2. The summed E-state index contributed by atoms with van der Waals surface area (Å²) in [4.78, 5) is 0. The third kappa shape index (κ3) is 4.45. The van der Waals surface area contributed by atoms with E-state index in [1.165, 1.54) is 11.1 Å². The van der Waals surface area contributed by atoms with E-state index in [1.807, 2.05) is 12.1 Å². The van der Waals surface area contributed by atoms with Gasteiger partial charge in [-0.15, -0.1) is 0 Å². The second-order valence-electron chi connectivity index (χ2n) is 6.88. The van der Waals surface area contributed by atoms with Crippen molar-refractivity contribution >= 4 is 0 Å². The molecule has 0 amide bonds. The first kappa shape index (κ1) is 18.1. The van der Waals surface area contributed by atoms with Crippen LogP contribution >= 0.6 is 0 Å². The van der Waals surface area contributed by atoms with E-state index in [0.717, 1.165) is 33.8 Å². The van der Waals surface area contributed by atoms with Crippen LogP contribution in [0, 0.1) is 27.7 Å². The SMILES string of the molecule is Cc1ccc(C)c(OCc2ccccc2COc2cc(C)ccc2C)c1. The van der Waals surface area contributed by atoms with Gasteiger partial charge >= 0.3 is 0 Å². The lowest BCUT2D eigenvalue weighted by molar-refractivity contribution is 0.283. The van der Waals surface area contributed by atoms with Crippen molar-refractivity contribution < 1.29 is 9.47 Å². The average Bonchev–Trinajstić information content (AvgIpc) is 2.64. The summed E-state index contributed by atoms with van der Waals surface area (Å²) in [5.74, 6) is 1.88. The zero-order valence-electron chi connectivity index (χ0n) is 16.0. The van der Waals surface area contributed by atoms with Crippen molar-refractivity contribution in [1.82, 2.24) is 0 Å². The molecule has 0 aliphatic rings. The van der Waals surface area contributed by atoms with Crippen molar-refractivity contribution in [2.45, 2.75) is 40.9 Å². The van der Waals surface area contributed by atoms with Gasteiger partial charge in [-0.2, -0.15) is 0 Å². The number of hydrogen-bond donors (Lipinski definition) is 0. The van der Waals surface area contributed by atoms with Crippen LogP contribution in [0.2, 0.25) is 0 Å². The summed E-state index contributed by atoms with van der Waals surface area (Å²) in [6.07, 6.45) is 0. The van der Waals surface area contributed by atoms with Crippen LogP contribution in [0.5, 0.6) is 11.5 Å². The quantitative estimate of drug-likeness (QED) is 0.538. The predicted octanol–water partition coefficient (Wildman–Crippen LogP) is 6.08. The Labute approximate surface area is 156 Å². The fourth-order valence-corrected chi connectivity index (χ4v) is 2.88. The molecule has 0 saturated heterocycles. The monoisotopic (exact) mass is 346 g/mol. The van der Waals surface area contributed by atoms with Crippen molar-refractivity contribution in [3.8, 4) is 11.5 Å². The number of benzene rings is 3. The topological polar surface area (TPSA) is 18.5 Å². The van der Waals surface area contributed by atoms with Crippen LogP contribution in [0.4, 0.5) is 0 Å². The smallest absolute Gasteiger partial charge is 0.122 e. The maximum atomic E-state index is 6.08. The highest BCUT2D eigenvalue weighted by atomic mass is 16.5. The molecule has 26 heavy (non-hydrogen) atoms. The van der Waals surface area contributed by atoms with Crippen molar-refractivity contribution in [3.63, 3.8) is 0 Å². The Morgan fingerprint density at radius 3 is 1.42 bits per heavy atom. The van der Waals surface area contributed by atoms with Gasteiger partial charge in [0.25, 0.3) is 0 Å². The van der Waals surface area contributed by atoms with E-state index in [4.69, 9.17) is 9.47 Å². The molecule has 0 fully saturated rings. The first-order valence-electron chi connectivity index (χ1n) is 9.00. The van der Waals surface area contributed by atoms with Crippen LogP contribution in [0.15, 0.2) is 60.7 Å². The maximum absolute atomic E-state index is 6.08. The minimum absolute atomic E-state index is 0.538. The summed E-state index contributed by atoms with van der Waals surface area (Å²) in [7, 11) is 0. The molecule has 0 spiro atoms. The Bertz CT molecular complexity index is 822. The molecule has 0 atom stereocenters. The van der Waals surface area contributed by atoms with E-state index in [0.29, 0.717) is 13.2 Å². The van der Waals surface area contributed by atoms with Crippen LogP contribution < -0.4 is 9.47 Å². The van der Waals surface area contributed by atoms with Crippen molar-refractivity contribution in [2.24, 2.45) is 0 Å². The van der Waals surface area contributed by atoms with E-state index >= 15 is 0 Å². The van der Waals surface area contributed by atoms with Crippen LogP contribution in [-0.4, -0.2) is 0 Å². The van der Waals surface area contributed by atoms with Gasteiger partial charge in [-0.05, 0) is 73.2 Å². The summed E-state index contributed by atoms with van der Waals surface area (Å²) in [6.45, 7) is 9.39. The molecule has 0 saturated carbocycles. The molecular formula is C24H26O2. The minimum atomic E-state index is 0.538. The highest BCUT2D eigenvalue weighted by Crippen LogP contribution is 2.23. The molecule has 0 radical (unpaired) electrons. The number of aryl methyl sites for hydroxylation is 4. The fraction of sp³-hybridized carbons (Fsp3) is 0.250. The summed E-state index contributed by atoms with van der Waals surface area (Å²) >= 11 is 0. The normalized spacial score (nSPS) is 10.6. The molecule has 134 valence electrons. The fourth-order valence-electron chi connectivity index (χ4n) is 2.88. The Morgan fingerprint density at radius 2 is 1.00 bits per heavy atom. The van der Waals surface area contributed by atoms with Crippen LogP contribution in [-0.2, 0) is 13.2 Å². The van der Waals surface area contributed by atoms with Crippen molar-refractivity contribution in [2.75, 3.05) is 0 Å².